The molecule has 2 aromatic carbocycles. The lowest BCUT2D eigenvalue weighted by atomic mass is 10.0. The molecule has 5 nitrogen and oxygen atoms in total. The zero-order valence-electron chi connectivity index (χ0n) is 17.6. The highest BCUT2D eigenvalue weighted by atomic mass is 32.1. The molecule has 158 valence electrons. The molecule has 2 N–H and O–H groups in total. The highest BCUT2D eigenvalue weighted by Crippen LogP contribution is 2.29. The quantitative estimate of drug-likeness (QED) is 0.479. The maximum Gasteiger partial charge on any atom is 0.238 e. The molecule has 0 bridgehead atoms. The van der Waals surface area contributed by atoms with E-state index >= 15 is 0 Å². The van der Waals surface area contributed by atoms with Crippen molar-refractivity contribution in [2.45, 2.75) is 25.8 Å². The van der Waals surface area contributed by atoms with E-state index in [1.54, 1.807) is 43.8 Å². The summed E-state index contributed by atoms with van der Waals surface area (Å²) in [4.78, 5) is 13.8. The molecule has 0 spiro atoms. The molecule has 0 aliphatic rings. The maximum atomic E-state index is 12.6. The summed E-state index contributed by atoms with van der Waals surface area (Å²) in [5.74, 6) is 1.10. The van der Waals surface area contributed by atoms with Crippen LogP contribution in [0.15, 0.2) is 60.0 Å². The van der Waals surface area contributed by atoms with E-state index in [2.05, 4.69) is 53.3 Å². The summed E-state index contributed by atoms with van der Waals surface area (Å²) >= 11 is 1.68. The number of anilines is 1. The van der Waals surface area contributed by atoms with E-state index in [4.69, 9.17) is 9.47 Å². The molecule has 3 aromatic rings. The number of hydrogen-bond donors (Lipinski definition) is 2. The molecule has 1 aromatic heterocycles. The van der Waals surface area contributed by atoms with E-state index in [9.17, 15) is 4.79 Å². The lowest BCUT2D eigenvalue weighted by molar-refractivity contribution is -0.115. The monoisotopic (exact) mass is 424 g/mol. The fraction of sp³-hybridized carbons (Fsp3) is 0.292. The molecule has 0 aliphatic carbocycles. The first kappa shape index (κ1) is 21.9. The largest absolute Gasteiger partial charge is 0.497 e. The van der Waals surface area contributed by atoms with Crippen LogP contribution < -0.4 is 20.1 Å². The smallest absolute Gasteiger partial charge is 0.238 e. The first-order valence-electron chi connectivity index (χ1n) is 10.0. The number of aryl methyl sites for hydroxylation is 1. The van der Waals surface area contributed by atoms with Gasteiger partial charge in [0.05, 0.1) is 32.5 Å². The molecular weight excluding hydrogens is 396 g/mol. The average Bonchev–Trinajstić information content (AvgIpc) is 3.30. The molecule has 0 unspecified atom stereocenters. The molecule has 0 radical (unpaired) electrons. The summed E-state index contributed by atoms with van der Waals surface area (Å²) in [6, 6.07) is 18.0. The highest BCUT2D eigenvalue weighted by Gasteiger charge is 2.17. The van der Waals surface area contributed by atoms with Gasteiger partial charge in [-0.3, -0.25) is 10.1 Å². The molecule has 0 saturated carbocycles. The fourth-order valence-electron chi connectivity index (χ4n) is 3.29. The van der Waals surface area contributed by atoms with Crippen LogP contribution in [0.2, 0.25) is 0 Å². The van der Waals surface area contributed by atoms with Gasteiger partial charge in [-0.05, 0) is 41.1 Å². The molecule has 1 heterocycles. The molecule has 0 fully saturated rings. The van der Waals surface area contributed by atoms with E-state index in [1.807, 2.05) is 6.07 Å². The molecule has 6 heteroatoms. The van der Waals surface area contributed by atoms with E-state index in [0.29, 0.717) is 17.2 Å². The third kappa shape index (κ3) is 5.62. The van der Waals surface area contributed by atoms with Gasteiger partial charge < -0.3 is 14.8 Å². The normalized spacial score (nSPS) is 11.7. The van der Waals surface area contributed by atoms with Gasteiger partial charge in [-0.25, -0.2) is 0 Å². The van der Waals surface area contributed by atoms with Gasteiger partial charge in [-0.2, -0.15) is 0 Å². The molecular formula is C24H28N2O3S. The first-order chi connectivity index (χ1) is 14.6. The number of amides is 1. The Bertz CT molecular complexity index is 940. The summed E-state index contributed by atoms with van der Waals surface area (Å²) in [5.41, 5.74) is 3.09. The topological polar surface area (TPSA) is 59.6 Å². The highest BCUT2D eigenvalue weighted by molar-refractivity contribution is 7.10. The summed E-state index contributed by atoms with van der Waals surface area (Å²) in [6.45, 7) is 2.36. The van der Waals surface area contributed by atoms with Crippen molar-refractivity contribution < 1.29 is 14.3 Å². The van der Waals surface area contributed by atoms with Crippen molar-refractivity contribution in [3.8, 4) is 11.5 Å². The maximum absolute atomic E-state index is 12.6. The SMILES string of the molecule is CCCc1ccc([C@H](NCC(=O)Nc2ccc(OC)cc2OC)c2cccs2)cc1. The molecule has 30 heavy (non-hydrogen) atoms. The van der Waals surface area contributed by atoms with Crippen molar-refractivity contribution in [1.82, 2.24) is 5.32 Å². The van der Waals surface area contributed by atoms with E-state index < -0.39 is 0 Å². The molecule has 1 amide bonds. The number of ether oxygens (including phenoxy) is 2. The standard InChI is InChI=1S/C24H28N2O3S/c1-4-6-17-8-10-18(11-9-17)24(22-7-5-14-30-22)25-16-23(27)26-20-13-12-19(28-2)15-21(20)29-3/h5,7-15,24-25H,4,6,16H2,1-3H3,(H,26,27)/t24-/m0/s1. The fourth-order valence-corrected chi connectivity index (χ4v) is 4.12. The molecule has 1 atom stereocenters. The van der Waals surface area contributed by atoms with Crippen LogP contribution in [-0.4, -0.2) is 26.7 Å². The summed E-state index contributed by atoms with van der Waals surface area (Å²) in [7, 11) is 3.16. The number of methoxy groups -OCH3 is 2. The minimum Gasteiger partial charge on any atom is -0.497 e. The summed E-state index contributed by atoms with van der Waals surface area (Å²) in [5, 5.41) is 8.37. The van der Waals surface area contributed by atoms with Gasteiger partial charge in [-0.15, -0.1) is 11.3 Å². The number of benzene rings is 2. The van der Waals surface area contributed by atoms with Gasteiger partial charge in [0.25, 0.3) is 0 Å². The molecule has 0 saturated heterocycles. The second kappa shape index (κ2) is 10.8. The van der Waals surface area contributed by atoms with Crippen LogP contribution in [0.3, 0.4) is 0 Å². The Labute approximate surface area is 182 Å². The van der Waals surface area contributed by atoms with Gasteiger partial charge in [0.2, 0.25) is 5.91 Å². The zero-order valence-corrected chi connectivity index (χ0v) is 18.4. The Morgan fingerprint density at radius 2 is 1.87 bits per heavy atom. The van der Waals surface area contributed by atoms with Crippen LogP contribution in [-0.2, 0) is 11.2 Å². The lowest BCUT2D eigenvalue weighted by Crippen LogP contribution is -2.31. The van der Waals surface area contributed by atoms with Crippen molar-refractivity contribution in [3.63, 3.8) is 0 Å². The van der Waals surface area contributed by atoms with E-state index in [-0.39, 0.29) is 18.5 Å². The first-order valence-corrected chi connectivity index (χ1v) is 10.9. The van der Waals surface area contributed by atoms with Crippen LogP contribution in [0.25, 0.3) is 0 Å². The van der Waals surface area contributed by atoms with Crippen LogP contribution in [0, 0.1) is 0 Å². The Morgan fingerprint density at radius 1 is 1.07 bits per heavy atom. The van der Waals surface area contributed by atoms with Crippen molar-refractivity contribution in [2.75, 3.05) is 26.1 Å². The van der Waals surface area contributed by atoms with Crippen LogP contribution in [0.1, 0.15) is 35.4 Å². The number of rotatable bonds is 10. The Hall–Kier alpha value is -2.83. The van der Waals surface area contributed by atoms with E-state index in [1.165, 1.54) is 10.4 Å². The number of hydrogen-bond acceptors (Lipinski definition) is 5. The summed E-state index contributed by atoms with van der Waals surface area (Å²) < 4.78 is 10.6. The zero-order chi connectivity index (χ0) is 21.3. The van der Waals surface area contributed by atoms with Crippen LogP contribution >= 0.6 is 11.3 Å². The number of carbonyl (C=O) groups is 1. The Kier molecular flexibility index (Phi) is 7.88. The minimum atomic E-state index is -0.136. The van der Waals surface area contributed by atoms with Crippen molar-refractivity contribution >= 4 is 22.9 Å². The predicted octanol–water partition coefficient (Wildman–Crippen LogP) is 5.04. The minimum absolute atomic E-state index is 0.0378. The second-order valence-electron chi connectivity index (χ2n) is 6.94. The number of thiophene rings is 1. The van der Waals surface area contributed by atoms with E-state index in [0.717, 1.165) is 18.4 Å². The van der Waals surface area contributed by atoms with Gasteiger partial charge in [-0.1, -0.05) is 43.7 Å². The molecule has 0 aliphatic heterocycles. The van der Waals surface area contributed by atoms with Gasteiger partial charge >= 0.3 is 0 Å². The molecule has 3 rings (SSSR count). The third-order valence-electron chi connectivity index (χ3n) is 4.83. The summed E-state index contributed by atoms with van der Waals surface area (Å²) in [6.07, 6.45) is 2.20. The Balaban J connectivity index is 1.69. The average molecular weight is 425 g/mol. The van der Waals surface area contributed by atoms with Crippen LogP contribution in [0.5, 0.6) is 11.5 Å². The van der Waals surface area contributed by atoms with Gasteiger partial charge in [0, 0.05) is 10.9 Å². The predicted molar refractivity (Wildman–Crippen MR) is 123 cm³/mol. The third-order valence-corrected chi connectivity index (χ3v) is 5.77. The van der Waals surface area contributed by atoms with Gasteiger partial charge in [0.1, 0.15) is 11.5 Å². The van der Waals surface area contributed by atoms with Gasteiger partial charge in [0.15, 0.2) is 0 Å². The van der Waals surface area contributed by atoms with Crippen molar-refractivity contribution in [1.29, 1.82) is 0 Å². The number of carbonyl (C=O) groups excluding carboxylic acids is 1. The number of nitrogens with one attached hydrogen (secondary N) is 2. The lowest BCUT2D eigenvalue weighted by Gasteiger charge is -2.19. The van der Waals surface area contributed by atoms with Crippen molar-refractivity contribution in [3.05, 3.63) is 76.0 Å². The second-order valence-corrected chi connectivity index (χ2v) is 7.91. The Morgan fingerprint density at radius 3 is 2.50 bits per heavy atom. The van der Waals surface area contributed by atoms with Crippen molar-refractivity contribution in [2.24, 2.45) is 0 Å². The van der Waals surface area contributed by atoms with Crippen LogP contribution in [0.4, 0.5) is 5.69 Å².